The Labute approximate surface area is 140 Å². The van der Waals surface area contributed by atoms with Gasteiger partial charge in [0.1, 0.15) is 11.4 Å². The van der Waals surface area contributed by atoms with Crippen molar-refractivity contribution in [2.45, 2.75) is 30.6 Å². The van der Waals surface area contributed by atoms with Crippen molar-refractivity contribution in [2.75, 3.05) is 5.75 Å². The van der Waals surface area contributed by atoms with E-state index < -0.39 is 5.97 Å². The van der Waals surface area contributed by atoms with E-state index in [-0.39, 0.29) is 11.1 Å². The lowest BCUT2D eigenvalue weighted by atomic mass is 9.81. The van der Waals surface area contributed by atoms with Crippen LogP contribution in [0.4, 0.5) is 0 Å². The highest BCUT2D eigenvalue weighted by atomic mass is 32.2. The molecule has 1 N–H and O–H groups in total. The van der Waals surface area contributed by atoms with Gasteiger partial charge in [-0.15, -0.1) is 11.8 Å². The van der Waals surface area contributed by atoms with Gasteiger partial charge >= 0.3 is 5.97 Å². The zero-order valence-electron chi connectivity index (χ0n) is 13.1. The maximum Gasteiger partial charge on any atom is 0.354 e. The van der Waals surface area contributed by atoms with Crippen molar-refractivity contribution in [3.8, 4) is 11.8 Å². The van der Waals surface area contributed by atoms with Crippen molar-refractivity contribution >= 4 is 17.7 Å². The summed E-state index contributed by atoms with van der Waals surface area (Å²) in [5.41, 5.74) is 2.92. The van der Waals surface area contributed by atoms with Gasteiger partial charge in [-0.3, -0.25) is 0 Å². The van der Waals surface area contributed by atoms with Crippen LogP contribution >= 0.6 is 11.8 Å². The van der Waals surface area contributed by atoms with E-state index in [0.29, 0.717) is 5.69 Å². The molecule has 0 radical (unpaired) electrons. The lowest BCUT2D eigenvalue weighted by Crippen LogP contribution is -2.22. The molecule has 1 aromatic heterocycles. The molecule has 4 heteroatoms. The summed E-state index contributed by atoms with van der Waals surface area (Å²) >= 11 is 1.89. The van der Waals surface area contributed by atoms with Gasteiger partial charge in [-0.05, 0) is 59.4 Å². The number of thioether (sulfide) groups is 1. The Balaban J connectivity index is 1.93. The van der Waals surface area contributed by atoms with E-state index in [0.717, 1.165) is 17.7 Å². The van der Waals surface area contributed by atoms with E-state index in [1.54, 1.807) is 12.1 Å². The summed E-state index contributed by atoms with van der Waals surface area (Å²) in [5.74, 6) is 6.17. The van der Waals surface area contributed by atoms with Crippen LogP contribution in [-0.4, -0.2) is 21.8 Å². The molecular weight excluding hydrogens is 306 g/mol. The number of carboxylic acids is 1. The molecule has 0 unspecified atom stereocenters. The number of carboxylic acid groups (broad SMARTS) is 1. The van der Waals surface area contributed by atoms with E-state index in [1.165, 1.54) is 16.5 Å². The molecule has 0 aliphatic carbocycles. The van der Waals surface area contributed by atoms with E-state index in [2.05, 4.69) is 42.8 Å². The average Bonchev–Trinajstić information content (AvgIpc) is 2.53. The fourth-order valence-electron chi connectivity index (χ4n) is 2.57. The fourth-order valence-corrected chi connectivity index (χ4v) is 4.06. The molecule has 3 nitrogen and oxygen atoms in total. The summed E-state index contributed by atoms with van der Waals surface area (Å²) in [6.07, 6.45) is 1.16. The van der Waals surface area contributed by atoms with Crippen molar-refractivity contribution in [3.63, 3.8) is 0 Å². The van der Waals surface area contributed by atoms with Crippen LogP contribution < -0.4 is 0 Å². The zero-order valence-corrected chi connectivity index (χ0v) is 13.9. The minimum atomic E-state index is -1.04. The summed E-state index contributed by atoms with van der Waals surface area (Å²) in [4.78, 5) is 16.3. The molecule has 2 aromatic rings. The maximum atomic E-state index is 10.9. The lowest BCUT2D eigenvalue weighted by molar-refractivity contribution is 0.0690. The first-order valence-corrected chi connectivity index (χ1v) is 8.44. The second-order valence-electron chi connectivity index (χ2n) is 6.16. The van der Waals surface area contributed by atoms with Crippen LogP contribution in [0.3, 0.4) is 0 Å². The first-order valence-electron chi connectivity index (χ1n) is 7.45. The Morgan fingerprint density at radius 1 is 1.26 bits per heavy atom. The summed E-state index contributed by atoms with van der Waals surface area (Å²) in [6.45, 7) is 4.53. The Bertz CT molecular complexity index is 831. The van der Waals surface area contributed by atoms with Crippen molar-refractivity contribution in [1.29, 1.82) is 0 Å². The second kappa shape index (κ2) is 6.10. The van der Waals surface area contributed by atoms with Gasteiger partial charge < -0.3 is 5.11 Å². The predicted octanol–water partition coefficient (Wildman–Crippen LogP) is 3.95. The number of aromatic carboxylic acids is 1. The molecule has 0 bridgehead atoms. The number of rotatable bonds is 1. The molecule has 1 aliphatic rings. The summed E-state index contributed by atoms with van der Waals surface area (Å²) in [7, 11) is 0. The third kappa shape index (κ3) is 3.40. The van der Waals surface area contributed by atoms with Gasteiger partial charge in [-0.2, -0.15) is 0 Å². The van der Waals surface area contributed by atoms with Crippen LogP contribution in [0, 0.1) is 11.8 Å². The Kier molecular flexibility index (Phi) is 4.14. The number of hydrogen-bond donors (Lipinski definition) is 1. The fraction of sp³-hybridized carbons (Fsp3) is 0.263. The highest BCUT2D eigenvalue weighted by Gasteiger charge is 2.27. The molecule has 0 amide bonds. The molecule has 1 aliphatic heterocycles. The quantitative estimate of drug-likeness (QED) is 0.807. The van der Waals surface area contributed by atoms with E-state index in [1.807, 2.05) is 17.8 Å². The Hall–Kier alpha value is -2.25. The van der Waals surface area contributed by atoms with Gasteiger partial charge in [0.15, 0.2) is 0 Å². The molecule has 23 heavy (non-hydrogen) atoms. The molecule has 0 atom stereocenters. The van der Waals surface area contributed by atoms with E-state index in [9.17, 15) is 4.79 Å². The van der Waals surface area contributed by atoms with Crippen molar-refractivity contribution in [2.24, 2.45) is 0 Å². The van der Waals surface area contributed by atoms with Crippen molar-refractivity contribution in [3.05, 3.63) is 58.9 Å². The minimum absolute atomic E-state index is 0.0137. The van der Waals surface area contributed by atoms with Gasteiger partial charge in [0.05, 0.1) is 0 Å². The lowest BCUT2D eigenvalue weighted by Gasteiger charge is -2.32. The highest BCUT2D eigenvalue weighted by Crippen LogP contribution is 2.41. The number of benzene rings is 1. The summed E-state index contributed by atoms with van der Waals surface area (Å²) < 4.78 is 0. The standard InChI is InChI=1S/C19H17NO2S/c1-19(2)10-11-23-17-9-7-13(12-15(17)19)6-8-14-4-3-5-16(20-14)18(21)22/h3-5,7,9,12H,10-11H2,1-2H3,(H,21,22). The third-order valence-electron chi connectivity index (χ3n) is 4.00. The monoisotopic (exact) mass is 323 g/mol. The molecule has 2 heterocycles. The summed E-state index contributed by atoms with van der Waals surface area (Å²) in [5, 5.41) is 8.97. The molecular formula is C19H17NO2S. The average molecular weight is 323 g/mol. The van der Waals surface area contributed by atoms with Crippen LogP contribution in [0.5, 0.6) is 0 Å². The topological polar surface area (TPSA) is 50.2 Å². The Morgan fingerprint density at radius 2 is 2.09 bits per heavy atom. The van der Waals surface area contributed by atoms with Crippen molar-refractivity contribution < 1.29 is 9.90 Å². The number of hydrogen-bond acceptors (Lipinski definition) is 3. The van der Waals surface area contributed by atoms with Crippen LogP contribution in [0.15, 0.2) is 41.3 Å². The van der Waals surface area contributed by atoms with Gasteiger partial charge in [-0.1, -0.05) is 25.8 Å². The van der Waals surface area contributed by atoms with Crippen LogP contribution in [-0.2, 0) is 5.41 Å². The summed E-state index contributed by atoms with van der Waals surface area (Å²) in [6, 6.07) is 11.1. The maximum absolute atomic E-state index is 10.9. The number of aromatic nitrogens is 1. The number of nitrogens with zero attached hydrogens (tertiary/aromatic N) is 1. The molecule has 1 aromatic carbocycles. The van der Waals surface area contributed by atoms with Crippen LogP contribution in [0.25, 0.3) is 0 Å². The zero-order chi connectivity index (χ0) is 16.4. The first-order chi connectivity index (χ1) is 11.0. The SMILES string of the molecule is CC1(C)CCSc2ccc(C#Cc3cccc(C(=O)O)n3)cc21. The van der Waals surface area contributed by atoms with E-state index in [4.69, 9.17) is 5.11 Å². The molecule has 116 valence electrons. The highest BCUT2D eigenvalue weighted by molar-refractivity contribution is 7.99. The van der Waals surface area contributed by atoms with Gasteiger partial charge in [0, 0.05) is 10.5 Å². The first kappa shape index (κ1) is 15.6. The largest absolute Gasteiger partial charge is 0.477 e. The van der Waals surface area contributed by atoms with Gasteiger partial charge in [-0.25, -0.2) is 9.78 Å². The second-order valence-corrected chi connectivity index (χ2v) is 7.29. The Morgan fingerprint density at radius 3 is 2.87 bits per heavy atom. The molecule has 0 spiro atoms. The minimum Gasteiger partial charge on any atom is -0.477 e. The molecule has 0 saturated heterocycles. The third-order valence-corrected chi connectivity index (χ3v) is 5.07. The number of fused-ring (bicyclic) bond motifs is 1. The molecule has 0 saturated carbocycles. The molecule has 0 fully saturated rings. The molecule has 3 rings (SSSR count). The van der Waals surface area contributed by atoms with Crippen LogP contribution in [0.2, 0.25) is 0 Å². The smallest absolute Gasteiger partial charge is 0.354 e. The van der Waals surface area contributed by atoms with Gasteiger partial charge in [0.2, 0.25) is 0 Å². The van der Waals surface area contributed by atoms with Crippen LogP contribution in [0.1, 0.15) is 47.6 Å². The number of pyridine rings is 1. The normalized spacial score (nSPS) is 15.2. The number of carbonyl (C=O) groups is 1. The van der Waals surface area contributed by atoms with E-state index >= 15 is 0 Å². The van der Waals surface area contributed by atoms with Gasteiger partial charge in [0.25, 0.3) is 0 Å². The predicted molar refractivity (Wildman–Crippen MR) is 92.0 cm³/mol. The van der Waals surface area contributed by atoms with Crippen molar-refractivity contribution in [1.82, 2.24) is 4.98 Å².